The maximum absolute atomic E-state index is 12.3. The summed E-state index contributed by atoms with van der Waals surface area (Å²) >= 11 is 0. The molecule has 1 saturated carbocycles. The van der Waals surface area contributed by atoms with Crippen LogP contribution < -0.4 is 10.2 Å². The average Bonchev–Trinajstić information content (AvgIpc) is 2.64. The Morgan fingerprint density at radius 3 is 2.69 bits per heavy atom. The summed E-state index contributed by atoms with van der Waals surface area (Å²) in [5.41, 5.74) is 0. The summed E-state index contributed by atoms with van der Waals surface area (Å²) in [6.45, 7) is 3.91. The Hall–Kier alpha value is -2.10. The Kier molecular flexibility index (Phi) is 7.15. The first kappa shape index (κ1) is 21.6. The highest BCUT2D eigenvalue weighted by Crippen LogP contribution is 2.40. The summed E-state index contributed by atoms with van der Waals surface area (Å²) in [5, 5.41) is 2.89. The molecule has 1 aromatic rings. The van der Waals surface area contributed by atoms with Gasteiger partial charge in [0.25, 0.3) is 0 Å². The molecule has 0 atom stereocenters. The van der Waals surface area contributed by atoms with Gasteiger partial charge in [-0.3, -0.25) is 4.74 Å². The molecule has 7 nitrogen and oxygen atoms in total. The Morgan fingerprint density at radius 2 is 2.03 bits per heavy atom. The van der Waals surface area contributed by atoms with Gasteiger partial charge in [0.15, 0.2) is 0 Å². The fourth-order valence-electron chi connectivity index (χ4n) is 3.57. The molecule has 162 valence electrons. The first-order valence-corrected chi connectivity index (χ1v) is 10.1. The van der Waals surface area contributed by atoms with Crippen LogP contribution in [0.1, 0.15) is 57.2 Å². The van der Waals surface area contributed by atoms with Gasteiger partial charge >= 0.3 is 12.5 Å². The van der Waals surface area contributed by atoms with Crippen LogP contribution in [0.4, 0.5) is 23.8 Å². The quantitative estimate of drug-likeness (QED) is 0.682. The molecule has 2 aliphatic rings. The number of nitrogens with zero attached hydrogens (tertiary/aromatic N) is 3. The lowest BCUT2D eigenvalue weighted by atomic mass is 9.81. The molecular weight excluding hydrogens is 389 g/mol. The average molecular weight is 416 g/mol. The van der Waals surface area contributed by atoms with E-state index in [4.69, 9.17) is 4.74 Å². The number of aromatic nitrogens is 2. The zero-order chi connectivity index (χ0) is 20.9. The van der Waals surface area contributed by atoms with E-state index in [1.807, 2.05) is 6.92 Å². The topological polar surface area (TPSA) is 76.6 Å². The SMILES string of the molecule is CCCCOC(=O)NC1CCN(c2ccnc(C3CC(OC(F)(F)F)C3)n2)CC1. The lowest BCUT2D eigenvalue weighted by molar-refractivity contribution is -0.352. The van der Waals surface area contributed by atoms with Crippen LogP contribution in [-0.2, 0) is 9.47 Å². The van der Waals surface area contributed by atoms with E-state index in [1.165, 1.54) is 0 Å². The van der Waals surface area contributed by atoms with Crippen LogP contribution in [0, 0.1) is 0 Å². The molecule has 1 N–H and O–H groups in total. The summed E-state index contributed by atoms with van der Waals surface area (Å²) in [4.78, 5) is 22.6. The van der Waals surface area contributed by atoms with E-state index in [2.05, 4.69) is 24.9 Å². The van der Waals surface area contributed by atoms with E-state index in [0.29, 0.717) is 12.4 Å². The van der Waals surface area contributed by atoms with Crippen molar-refractivity contribution in [2.24, 2.45) is 0 Å². The number of anilines is 1. The van der Waals surface area contributed by atoms with Crippen molar-refractivity contribution >= 4 is 11.9 Å². The normalized spacial score (nSPS) is 22.8. The van der Waals surface area contributed by atoms with Crippen molar-refractivity contribution in [2.45, 2.75) is 69.9 Å². The number of halogens is 3. The van der Waals surface area contributed by atoms with Crippen molar-refractivity contribution in [2.75, 3.05) is 24.6 Å². The predicted octanol–water partition coefficient (Wildman–Crippen LogP) is 3.75. The molecule has 0 bridgehead atoms. The number of amides is 1. The fraction of sp³-hybridized carbons (Fsp3) is 0.737. The second-order valence-corrected chi connectivity index (χ2v) is 7.52. The number of hydrogen-bond acceptors (Lipinski definition) is 6. The fourth-order valence-corrected chi connectivity index (χ4v) is 3.57. The van der Waals surface area contributed by atoms with Crippen LogP contribution in [0.5, 0.6) is 0 Å². The van der Waals surface area contributed by atoms with E-state index in [9.17, 15) is 18.0 Å². The largest absolute Gasteiger partial charge is 0.522 e. The molecule has 1 saturated heterocycles. The molecule has 2 heterocycles. The maximum Gasteiger partial charge on any atom is 0.522 e. The molecule has 29 heavy (non-hydrogen) atoms. The highest BCUT2D eigenvalue weighted by atomic mass is 19.4. The van der Waals surface area contributed by atoms with Gasteiger partial charge in [-0.2, -0.15) is 0 Å². The van der Waals surface area contributed by atoms with E-state index < -0.39 is 12.5 Å². The van der Waals surface area contributed by atoms with Crippen molar-refractivity contribution in [3.63, 3.8) is 0 Å². The van der Waals surface area contributed by atoms with Gasteiger partial charge in [-0.15, -0.1) is 13.2 Å². The molecule has 1 aliphatic carbocycles. The molecule has 0 aromatic carbocycles. The van der Waals surface area contributed by atoms with Crippen LogP contribution in [0.15, 0.2) is 12.3 Å². The van der Waals surface area contributed by atoms with Crippen molar-refractivity contribution in [1.29, 1.82) is 0 Å². The molecule has 10 heteroatoms. The van der Waals surface area contributed by atoms with Crippen LogP contribution in [-0.4, -0.2) is 54.3 Å². The second-order valence-electron chi connectivity index (χ2n) is 7.52. The second kappa shape index (κ2) is 9.60. The van der Waals surface area contributed by atoms with Crippen LogP contribution in [0.3, 0.4) is 0 Å². The minimum absolute atomic E-state index is 0.0635. The van der Waals surface area contributed by atoms with E-state index in [0.717, 1.165) is 44.6 Å². The predicted molar refractivity (Wildman–Crippen MR) is 99.6 cm³/mol. The third-order valence-electron chi connectivity index (χ3n) is 5.29. The van der Waals surface area contributed by atoms with Crippen molar-refractivity contribution < 1.29 is 27.4 Å². The smallest absolute Gasteiger partial charge is 0.450 e. The summed E-state index contributed by atoms with van der Waals surface area (Å²) in [7, 11) is 0. The Balaban J connectivity index is 1.45. The number of nitrogens with one attached hydrogen (secondary N) is 1. The third-order valence-corrected chi connectivity index (χ3v) is 5.29. The van der Waals surface area contributed by atoms with Gasteiger partial charge in [-0.05, 0) is 38.2 Å². The number of piperidine rings is 1. The highest BCUT2D eigenvalue weighted by Gasteiger charge is 2.41. The summed E-state index contributed by atoms with van der Waals surface area (Å²) < 4.78 is 45.9. The molecule has 3 rings (SSSR count). The summed E-state index contributed by atoms with van der Waals surface area (Å²) in [6.07, 6.45) is -0.225. The van der Waals surface area contributed by atoms with Crippen molar-refractivity contribution in [3.05, 3.63) is 18.1 Å². The van der Waals surface area contributed by atoms with Gasteiger partial charge < -0.3 is 15.0 Å². The molecule has 0 spiro atoms. The van der Waals surface area contributed by atoms with Gasteiger partial charge in [-0.25, -0.2) is 14.8 Å². The van der Waals surface area contributed by atoms with Crippen LogP contribution >= 0.6 is 0 Å². The third kappa shape index (κ3) is 6.45. The zero-order valence-electron chi connectivity index (χ0n) is 16.5. The number of alkyl halides is 3. The monoisotopic (exact) mass is 416 g/mol. The number of carbonyl (C=O) groups is 1. The summed E-state index contributed by atoms with van der Waals surface area (Å²) in [6, 6.07) is 1.87. The zero-order valence-corrected chi connectivity index (χ0v) is 16.5. The van der Waals surface area contributed by atoms with Crippen LogP contribution in [0.2, 0.25) is 0 Å². The van der Waals surface area contributed by atoms with Gasteiger partial charge in [0, 0.05) is 31.2 Å². The molecular formula is C19H27F3N4O3. The first-order valence-electron chi connectivity index (χ1n) is 10.1. The van der Waals surface area contributed by atoms with E-state index in [1.54, 1.807) is 12.3 Å². The Bertz CT molecular complexity index is 675. The number of hydrogen-bond donors (Lipinski definition) is 1. The van der Waals surface area contributed by atoms with Gasteiger partial charge in [0.1, 0.15) is 11.6 Å². The number of rotatable bonds is 7. The van der Waals surface area contributed by atoms with Gasteiger partial charge in [0.05, 0.1) is 12.7 Å². The van der Waals surface area contributed by atoms with E-state index in [-0.39, 0.29) is 30.9 Å². The van der Waals surface area contributed by atoms with E-state index >= 15 is 0 Å². The number of alkyl carbamates (subject to hydrolysis) is 1. The molecule has 1 aliphatic heterocycles. The first-order chi connectivity index (χ1) is 13.8. The molecule has 0 unspecified atom stereocenters. The van der Waals surface area contributed by atoms with Crippen LogP contribution in [0.25, 0.3) is 0 Å². The van der Waals surface area contributed by atoms with Gasteiger partial charge in [0.2, 0.25) is 0 Å². The number of carbonyl (C=O) groups excluding carboxylic acids is 1. The number of unbranched alkanes of at least 4 members (excludes halogenated alkanes) is 1. The minimum atomic E-state index is -4.60. The molecule has 1 aromatic heterocycles. The standard InChI is InChI=1S/C19H27F3N4O3/c1-2-3-10-28-18(27)24-14-5-8-26(9-6-14)16-4-7-23-17(25-16)13-11-15(12-13)29-19(20,21)22/h4,7,13-15H,2-3,5-6,8-12H2,1H3,(H,24,27). The highest BCUT2D eigenvalue weighted by molar-refractivity contribution is 5.67. The molecule has 2 fully saturated rings. The van der Waals surface area contributed by atoms with Crippen molar-refractivity contribution in [1.82, 2.24) is 15.3 Å². The maximum atomic E-state index is 12.3. The molecule has 0 radical (unpaired) electrons. The minimum Gasteiger partial charge on any atom is -0.450 e. The lowest BCUT2D eigenvalue weighted by Gasteiger charge is -2.35. The lowest BCUT2D eigenvalue weighted by Crippen LogP contribution is -2.45. The Labute approximate surface area is 168 Å². The molecule has 1 amide bonds. The van der Waals surface area contributed by atoms with Crippen molar-refractivity contribution in [3.8, 4) is 0 Å². The number of ether oxygens (including phenoxy) is 2. The summed E-state index contributed by atoms with van der Waals surface area (Å²) in [5.74, 6) is 1.21. The van der Waals surface area contributed by atoms with Gasteiger partial charge in [-0.1, -0.05) is 13.3 Å². The Morgan fingerprint density at radius 1 is 1.31 bits per heavy atom.